The first-order chi connectivity index (χ1) is 6.11. The van der Waals surface area contributed by atoms with Crippen molar-refractivity contribution in [3.63, 3.8) is 0 Å². The van der Waals surface area contributed by atoms with Crippen molar-refractivity contribution in [3.05, 3.63) is 5.51 Å². The zero-order chi connectivity index (χ0) is 9.84. The van der Waals surface area contributed by atoms with Crippen LogP contribution in [0.2, 0.25) is 0 Å². The zero-order valence-corrected chi connectivity index (χ0v) is 7.78. The molecule has 0 aliphatic carbocycles. The lowest BCUT2D eigenvalue weighted by Gasteiger charge is -2.12. The molecule has 0 saturated carbocycles. The predicted octanol–water partition coefficient (Wildman–Crippen LogP) is -0.815. The number of nitrogens with zero attached hydrogens (tertiary/aromatic N) is 2. The minimum absolute atomic E-state index is 0.376. The minimum Gasteiger partial charge on any atom is -0.391 e. The molecule has 6 nitrogen and oxygen atoms in total. The largest absolute Gasteiger partial charge is 0.391 e. The van der Waals surface area contributed by atoms with Crippen molar-refractivity contribution in [2.75, 3.05) is 5.32 Å². The summed E-state index contributed by atoms with van der Waals surface area (Å²) in [4.78, 5) is 11.2. The van der Waals surface area contributed by atoms with Gasteiger partial charge in [-0.25, -0.2) is 0 Å². The van der Waals surface area contributed by atoms with Crippen LogP contribution in [0, 0.1) is 0 Å². The SMILES string of the molecule is CC(O)[C@H](N)C(=O)Nc1nncs1. The molecule has 0 radical (unpaired) electrons. The van der Waals surface area contributed by atoms with Gasteiger partial charge in [-0.1, -0.05) is 11.3 Å². The van der Waals surface area contributed by atoms with E-state index in [1.807, 2.05) is 0 Å². The van der Waals surface area contributed by atoms with E-state index in [2.05, 4.69) is 15.5 Å². The molecule has 13 heavy (non-hydrogen) atoms. The highest BCUT2D eigenvalue weighted by atomic mass is 32.1. The number of aromatic nitrogens is 2. The van der Waals surface area contributed by atoms with Crippen molar-refractivity contribution >= 4 is 22.4 Å². The lowest BCUT2D eigenvalue weighted by atomic mass is 10.2. The van der Waals surface area contributed by atoms with Crippen LogP contribution < -0.4 is 11.1 Å². The normalized spacial score (nSPS) is 15.0. The van der Waals surface area contributed by atoms with E-state index in [1.165, 1.54) is 23.8 Å². The molecule has 0 aromatic carbocycles. The first-order valence-corrected chi connectivity index (χ1v) is 4.50. The van der Waals surface area contributed by atoms with Gasteiger partial charge in [-0.15, -0.1) is 10.2 Å². The number of nitrogens with two attached hydrogens (primary N) is 1. The van der Waals surface area contributed by atoms with E-state index in [0.29, 0.717) is 5.13 Å². The summed E-state index contributed by atoms with van der Waals surface area (Å²) in [5, 5.41) is 18.9. The molecule has 1 aromatic rings. The molecule has 1 amide bonds. The van der Waals surface area contributed by atoms with Gasteiger partial charge in [-0.05, 0) is 6.92 Å². The molecular formula is C6H10N4O2S. The highest BCUT2D eigenvalue weighted by Gasteiger charge is 2.19. The summed E-state index contributed by atoms with van der Waals surface area (Å²) in [6.07, 6.45) is -0.882. The van der Waals surface area contributed by atoms with Crippen molar-refractivity contribution in [1.82, 2.24) is 10.2 Å². The molecule has 2 atom stereocenters. The maximum Gasteiger partial charge on any atom is 0.245 e. The first kappa shape index (κ1) is 10.0. The molecule has 4 N–H and O–H groups in total. The van der Waals surface area contributed by atoms with Gasteiger partial charge in [0, 0.05) is 0 Å². The molecule has 1 rings (SSSR count). The lowest BCUT2D eigenvalue weighted by Crippen LogP contribution is -2.43. The number of aliphatic hydroxyl groups excluding tert-OH is 1. The highest BCUT2D eigenvalue weighted by Crippen LogP contribution is 2.08. The molecule has 0 bridgehead atoms. The monoisotopic (exact) mass is 202 g/mol. The molecule has 0 spiro atoms. The van der Waals surface area contributed by atoms with Crippen molar-refractivity contribution < 1.29 is 9.90 Å². The fourth-order valence-corrected chi connectivity index (χ4v) is 1.08. The van der Waals surface area contributed by atoms with Gasteiger partial charge in [-0.2, -0.15) is 0 Å². The van der Waals surface area contributed by atoms with Gasteiger partial charge in [0.2, 0.25) is 11.0 Å². The second-order valence-electron chi connectivity index (χ2n) is 2.50. The summed E-state index contributed by atoms with van der Waals surface area (Å²) in [7, 11) is 0. The third kappa shape index (κ3) is 2.72. The molecule has 0 aliphatic heterocycles. The van der Waals surface area contributed by atoms with Crippen molar-refractivity contribution in [3.8, 4) is 0 Å². The van der Waals surface area contributed by atoms with E-state index in [0.717, 1.165) is 0 Å². The van der Waals surface area contributed by atoms with Crippen LogP contribution in [-0.4, -0.2) is 33.4 Å². The maximum absolute atomic E-state index is 11.2. The second kappa shape index (κ2) is 4.26. The molecule has 0 fully saturated rings. The van der Waals surface area contributed by atoms with E-state index in [-0.39, 0.29) is 0 Å². The Morgan fingerprint density at radius 2 is 2.54 bits per heavy atom. The summed E-state index contributed by atoms with van der Waals surface area (Å²) in [5.74, 6) is -0.466. The van der Waals surface area contributed by atoms with Gasteiger partial charge in [0.05, 0.1) is 6.10 Å². The summed E-state index contributed by atoms with van der Waals surface area (Å²) >= 11 is 1.19. The number of amides is 1. The number of nitrogens with one attached hydrogen (secondary N) is 1. The maximum atomic E-state index is 11.2. The van der Waals surface area contributed by atoms with Crippen LogP contribution in [0.15, 0.2) is 5.51 Å². The van der Waals surface area contributed by atoms with Crippen LogP contribution >= 0.6 is 11.3 Å². The van der Waals surface area contributed by atoms with Gasteiger partial charge in [0.25, 0.3) is 0 Å². The fraction of sp³-hybridized carbons (Fsp3) is 0.500. The molecular weight excluding hydrogens is 192 g/mol. The first-order valence-electron chi connectivity index (χ1n) is 3.62. The number of hydrogen-bond donors (Lipinski definition) is 3. The average Bonchev–Trinajstić information content (AvgIpc) is 2.55. The van der Waals surface area contributed by atoms with E-state index in [1.54, 1.807) is 0 Å². The van der Waals surface area contributed by atoms with E-state index < -0.39 is 18.1 Å². The highest BCUT2D eigenvalue weighted by molar-refractivity contribution is 7.13. The van der Waals surface area contributed by atoms with E-state index in [9.17, 15) is 4.79 Å². The van der Waals surface area contributed by atoms with Crippen molar-refractivity contribution in [1.29, 1.82) is 0 Å². The van der Waals surface area contributed by atoms with Gasteiger partial charge >= 0.3 is 0 Å². The number of carbonyl (C=O) groups is 1. The summed E-state index contributed by atoms with van der Waals surface area (Å²) in [6, 6.07) is -0.941. The number of hydrogen-bond acceptors (Lipinski definition) is 6. The second-order valence-corrected chi connectivity index (χ2v) is 3.33. The van der Waals surface area contributed by atoms with Gasteiger partial charge in [0.15, 0.2) is 0 Å². The fourth-order valence-electron chi connectivity index (χ4n) is 0.635. The molecule has 1 aromatic heterocycles. The standard InChI is InChI=1S/C6H10N4O2S/c1-3(11)4(7)5(12)9-6-10-8-2-13-6/h2-4,11H,7H2,1H3,(H,9,10,12)/t3?,4-/m0/s1. The van der Waals surface area contributed by atoms with Crippen LogP contribution in [0.5, 0.6) is 0 Å². The van der Waals surface area contributed by atoms with Crippen LogP contribution in [0.3, 0.4) is 0 Å². The average molecular weight is 202 g/mol. The van der Waals surface area contributed by atoms with Crippen LogP contribution in [0.4, 0.5) is 5.13 Å². The number of rotatable bonds is 3. The number of anilines is 1. The van der Waals surface area contributed by atoms with Crippen molar-refractivity contribution in [2.24, 2.45) is 5.73 Å². The molecule has 0 saturated heterocycles. The Morgan fingerprint density at radius 3 is 3.00 bits per heavy atom. The van der Waals surface area contributed by atoms with E-state index in [4.69, 9.17) is 10.8 Å². The Morgan fingerprint density at radius 1 is 1.85 bits per heavy atom. The van der Waals surface area contributed by atoms with Gasteiger partial charge in [-0.3, -0.25) is 10.1 Å². The summed E-state index contributed by atoms with van der Waals surface area (Å²) in [6.45, 7) is 1.45. The Balaban J connectivity index is 2.51. The Kier molecular flexibility index (Phi) is 3.29. The molecule has 1 heterocycles. The van der Waals surface area contributed by atoms with Crippen LogP contribution in [0.1, 0.15) is 6.92 Å². The minimum atomic E-state index is -0.941. The van der Waals surface area contributed by atoms with Crippen LogP contribution in [-0.2, 0) is 4.79 Å². The Bertz CT molecular complexity index is 274. The smallest absolute Gasteiger partial charge is 0.245 e. The summed E-state index contributed by atoms with van der Waals surface area (Å²) in [5.41, 5.74) is 6.86. The predicted molar refractivity (Wildman–Crippen MR) is 48.2 cm³/mol. The Hall–Kier alpha value is -1.05. The third-order valence-corrected chi connectivity index (χ3v) is 2.02. The molecule has 1 unspecified atom stereocenters. The lowest BCUT2D eigenvalue weighted by molar-refractivity contribution is -0.119. The molecule has 72 valence electrons. The molecule has 7 heteroatoms. The third-order valence-electron chi connectivity index (χ3n) is 1.41. The van der Waals surface area contributed by atoms with Gasteiger partial charge < -0.3 is 10.8 Å². The van der Waals surface area contributed by atoms with Gasteiger partial charge in [0.1, 0.15) is 11.6 Å². The zero-order valence-electron chi connectivity index (χ0n) is 6.97. The molecule has 0 aliphatic rings. The Labute approximate surface area is 78.8 Å². The summed E-state index contributed by atoms with van der Waals surface area (Å²) < 4.78 is 0. The van der Waals surface area contributed by atoms with Crippen LogP contribution in [0.25, 0.3) is 0 Å². The van der Waals surface area contributed by atoms with E-state index >= 15 is 0 Å². The van der Waals surface area contributed by atoms with Crippen molar-refractivity contribution in [2.45, 2.75) is 19.1 Å². The number of aliphatic hydroxyl groups is 1. The quantitative estimate of drug-likeness (QED) is 0.594. The topological polar surface area (TPSA) is 101 Å². The number of carbonyl (C=O) groups excluding carboxylic acids is 1.